The summed E-state index contributed by atoms with van der Waals surface area (Å²) in [6, 6.07) is 13.9. The summed E-state index contributed by atoms with van der Waals surface area (Å²) in [6.07, 6.45) is 0.801. The van der Waals surface area contributed by atoms with Crippen LogP contribution in [0.15, 0.2) is 47.6 Å². The van der Waals surface area contributed by atoms with Crippen molar-refractivity contribution in [3.05, 3.63) is 48.3 Å². The molecule has 0 unspecified atom stereocenters. The summed E-state index contributed by atoms with van der Waals surface area (Å²) in [5, 5.41) is 12.6. The fourth-order valence-electron chi connectivity index (χ4n) is 2.15. The van der Waals surface area contributed by atoms with Crippen molar-refractivity contribution in [3.8, 4) is 0 Å². The molecule has 2 aromatic carbocycles. The van der Waals surface area contributed by atoms with Crippen molar-refractivity contribution in [2.24, 2.45) is 0 Å². The minimum atomic E-state index is -0.0656. The van der Waals surface area contributed by atoms with Gasteiger partial charge in [0.2, 0.25) is 11.1 Å². The Balaban J connectivity index is 1.65. The predicted octanol–water partition coefficient (Wildman–Crippen LogP) is 3.25. The van der Waals surface area contributed by atoms with E-state index in [0.717, 1.165) is 28.7 Å². The standard InChI is InChI=1S/C16H16N4OS/c1-2-14-18-16(20-19-14)22-10-15(21)17-13-9-5-7-11-6-3-4-8-12(11)13/h3-9H,2,10H2,1H3,(H,17,21)(H,18,19,20). The molecule has 1 amide bonds. The number of hydrogen-bond donors (Lipinski definition) is 2. The van der Waals surface area contributed by atoms with Gasteiger partial charge in [-0.3, -0.25) is 9.89 Å². The number of aromatic amines is 1. The normalized spacial score (nSPS) is 10.8. The van der Waals surface area contributed by atoms with Crippen molar-refractivity contribution in [2.45, 2.75) is 18.5 Å². The maximum Gasteiger partial charge on any atom is 0.234 e. The van der Waals surface area contributed by atoms with Crippen molar-refractivity contribution in [3.63, 3.8) is 0 Å². The third-order valence-electron chi connectivity index (χ3n) is 3.24. The van der Waals surface area contributed by atoms with Gasteiger partial charge in [-0.05, 0) is 11.5 Å². The molecule has 0 aliphatic rings. The maximum atomic E-state index is 12.1. The monoisotopic (exact) mass is 312 g/mol. The molecule has 3 rings (SSSR count). The van der Waals surface area contributed by atoms with Crippen LogP contribution in [0.25, 0.3) is 10.8 Å². The highest BCUT2D eigenvalue weighted by Gasteiger charge is 2.09. The van der Waals surface area contributed by atoms with Crippen LogP contribution in [0.3, 0.4) is 0 Å². The van der Waals surface area contributed by atoms with Gasteiger partial charge in [0.25, 0.3) is 0 Å². The fraction of sp³-hybridized carbons (Fsp3) is 0.188. The highest BCUT2D eigenvalue weighted by molar-refractivity contribution is 7.99. The summed E-state index contributed by atoms with van der Waals surface area (Å²) < 4.78 is 0. The summed E-state index contributed by atoms with van der Waals surface area (Å²) in [5.41, 5.74) is 0.827. The molecule has 0 saturated heterocycles. The second-order valence-corrected chi connectivity index (χ2v) is 5.72. The first-order chi connectivity index (χ1) is 10.8. The number of hydrogen-bond acceptors (Lipinski definition) is 4. The molecule has 2 N–H and O–H groups in total. The zero-order valence-corrected chi connectivity index (χ0v) is 13.0. The number of carbonyl (C=O) groups excluding carboxylic acids is 1. The van der Waals surface area contributed by atoms with Crippen LogP contribution < -0.4 is 5.32 Å². The lowest BCUT2D eigenvalue weighted by atomic mass is 10.1. The Morgan fingerprint density at radius 1 is 1.23 bits per heavy atom. The van der Waals surface area contributed by atoms with Crippen LogP contribution in [0.2, 0.25) is 0 Å². The minimum Gasteiger partial charge on any atom is -0.325 e. The van der Waals surface area contributed by atoms with E-state index >= 15 is 0 Å². The molecule has 5 nitrogen and oxygen atoms in total. The van der Waals surface area contributed by atoms with Gasteiger partial charge < -0.3 is 5.32 Å². The zero-order chi connectivity index (χ0) is 15.4. The van der Waals surface area contributed by atoms with E-state index in [-0.39, 0.29) is 11.7 Å². The molecule has 112 valence electrons. The van der Waals surface area contributed by atoms with Crippen molar-refractivity contribution < 1.29 is 4.79 Å². The number of nitrogens with zero attached hydrogens (tertiary/aromatic N) is 2. The molecule has 0 aliphatic carbocycles. The van der Waals surface area contributed by atoms with Crippen LogP contribution in [0.5, 0.6) is 0 Å². The number of amides is 1. The molecule has 0 atom stereocenters. The molecule has 0 spiro atoms. The number of H-pyrrole nitrogens is 1. The molecule has 0 saturated carbocycles. The van der Waals surface area contributed by atoms with Crippen LogP contribution in [-0.2, 0) is 11.2 Å². The van der Waals surface area contributed by atoms with E-state index in [1.165, 1.54) is 11.8 Å². The van der Waals surface area contributed by atoms with Gasteiger partial charge in [-0.1, -0.05) is 55.1 Å². The van der Waals surface area contributed by atoms with E-state index in [9.17, 15) is 4.79 Å². The number of benzene rings is 2. The van der Waals surface area contributed by atoms with Gasteiger partial charge in [-0.25, -0.2) is 4.98 Å². The average Bonchev–Trinajstić information content (AvgIpc) is 3.01. The molecule has 22 heavy (non-hydrogen) atoms. The number of rotatable bonds is 5. The Morgan fingerprint density at radius 3 is 2.86 bits per heavy atom. The Labute approximate surface area is 132 Å². The summed E-state index contributed by atoms with van der Waals surface area (Å²) in [7, 11) is 0. The highest BCUT2D eigenvalue weighted by atomic mass is 32.2. The molecular formula is C16H16N4OS. The topological polar surface area (TPSA) is 70.7 Å². The SMILES string of the molecule is CCc1nc(SCC(=O)Nc2cccc3ccccc23)n[nH]1. The minimum absolute atomic E-state index is 0.0656. The number of aryl methyl sites for hydroxylation is 1. The van der Waals surface area contributed by atoms with Gasteiger partial charge in [0.05, 0.1) is 5.75 Å². The first-order valence-electron chi connectivity index (χ1n) is 7.08. The van der Waals surface area contributed by atoms with E-state index in [1.54, 1.807) is 0 Å². The molecule has 0 bridgehead atoms. The van der Waals surface area contributed by atoms with Crippen molar-refractivity contribution >= 4 is 34.1 Å². The first-order valence-corrected chi connectivity index (χ1v) is 8.06. The highest BCUT2D eigenvalue weighted by Crippen LogP contribution is 2.23. The summed E-state index contributed by atoms with van der Waals surface area (Å²) in [5.74, 6) is 1.05. The third kappa shape index (κ3) is 3.28. The Bertz CT molecular complexity index is 794. The van der Waals surface area contributed by atoms with E-state index in [2.05, 4.69) is 20.5 Å². The molecule has 6 heteroatoms. The molecular weight excluding hydrogens is 296 g/mol. The van der Waals surface area contributed by atoms with Gasteiger partial charge in [-0.15, -0.1) is 5.10 Å². The third-order valence-corrected chi connectivity index (χ3v) is 4.09. The van der Waals surface area contributed by atoms with Crippen LogP contribution in [0, 0.1) is 0 Å². The fourth-order valence-corrected chi connectivity index (χ4v) is 2.77. The van der Waals surface area contributed by atoms with E-state index in [0.29, 0.717) is 5.16 Å². The molecule has 1 heterocycles. The number of thioether (sulfide) groups is 1. The van der Waals surface area contributed by atoms with Crippen LogP contribution in [-0.4, -0.2) is 26.8 Å². The summed E-state index contributed by atoms with van der Waals surface area (Å²) in [6.45, 7) is 2.00. The van der Waals surface area contributed by atoms with E-state index in [1.807, 2.05) is 49.4 Å². The number of nitrogens with one attached hydrogen (secondary N) is 2. The van der Waals surface area contributed by atoms with Gasteiger partial charge >= 0.3 is 0 Å². The van der Waals surface area contributed by atoms with Gasteiger partial charge in [0, 0.05) is 17.5 Å². The zero-order valence-electron chi connectivity index (χ0n) is 12.2. The lowest BCUT2D eigenvalue weighted by molar-refractivity contribution is -0.113. The molecule has 3 aromatic rings. The predicted molar refractivity (Wildman–Crippen MR) is 89.1 cm³/mol. The van der Waals surface area contributed by atoms with Gasteiger partial charge in [0.15, 0.2) is 0 Å². The number of aromatic nitrogens is 3. The smallest absolute Gasteiger partial charge is 0.234 e. The summed E-state index contributed by atoms with van der Waals surface area (Å²) >= 11 is 1.32. The number of anilines is 1. The lowest BCUT2D eigenvalue weighted by Gasteiger charge is -2.08. The van der Waals surface area contributed by atoms with Crippen LogP contribution >= 0.6 is 11.8 Å². The van der Waals surface area contributed by atoms with Crippen LogP contribution in [0.4, 0.5) is 5.69 Å². The quantitative estimate of drug-likeness (QED) is 0.709. The molecule has 0 aliphatic heterocycles. The van der Waals surface area contributed by atoms with Crippen molar-refractivity contribution in [1.29, 1.82) is 0 Å². The van der Waals surface area contributed by atoms with Crippen LogP contribution in [0.1, 0.15) is 12.7 Å². The van der Waals surface area contributed by atoms with E-state index < -0.39 is 0 Å². The lowest BCUT2D eigenvalue weighted by Crippen LogP contribution is -2.14. The molecule has 0 radical (unpaired) electrons. The Kier molecular flexibility index (Phi) is 4.39. The molecule has 1 aromatic heterocycles. The van der Waals surface area contributed by atoms with Crippen molar-refractivity contribution in [1.82, 2.24) is 15.2 Å². The summed E-state index contributed by atoms with van der Waals surface area (Å²) in [4.78, 5) is 16.4. The van der Waals surface area contributed by atoms with Gasteiger partial charge in [0.1, 0.15) is 5.82 Å². The molecule has 0 fully saturated rings. The van der Waals surface area contributed by atoms with Gasteiger partial charge in [-0.2, -0.15) is 0 Å². The second kappa shape index (κ2) is 6.62. The number of fused-ring (bicyclic) bond motifs is 1. The largest absolute Gasteiger partial charge is 0.325 e. The van der Waals surface area contributed by atoms with Crippen molar-refractivity contribution in [2.75, 3.05) is 11.1 Å². The average molecular weight is 312 g/mol. The Morgan fingerprint density at radius 2 is 2.05 bits per heavy atom. The number of carbonyl (C=O) groups is 1. The first kappa shape index (κ1) is 14.6. The van der Waals surface area contributed by atoms with E-state index in [4.69, 9.17) is 0 Å². The Hall–Kier alpha value is -2.34. The maximum absolute atomic E-state index is 12.1. The second-order valence-electron chi connectivity index (χ2n) is 4.78.